The monoisotopic (exact) mass is 615 g/mol. The predicted octanol–water partition coefficient (Wildman–Crippen LogP) is 6.19. The number of amides is 1. The van der Waals surface area contributed by atoms with Gasteiger partial charge in [-0.1, -0.05) is 12.1 Å². The second kappa shape index (κ2) is 11.5. The Morgan fingerprint density at radius 1 is 0.800 bits per heavy atom. The molecule has 0 aliphatic rings. The normalized spacial score (nSPS) is 14.7. The van der Waals surface area contributed by atoms with Crippen molar-refractivity contribution in [2.75, 3.05) is 13.2 Å². The lowest BCUT2D eigenvalue weighted by molar-refractivity contribution is -0.349. The van der Waals surface area contributed by atoms with Crippen molar-refractivity contribution >= 4 is 11.9 Å². The van der Waals surface area contributed by atoms with E-state index in [4.69, 9.17) is 4.74 Å². The van der Waals surface area contributed by atoms with E-state index in [-0.39, 0.29) is 5.75 Å². The molecule has 1 rings (SSSR count). The molecule has 5 nitrogen and oxygen atoms in total. The van der Waals surface area contributed by atoms with Gasteiger partial charge < -0.3 is 14.4 Å². The van der Waals surface area contributed by atoms with E-state index < -0.39 is 78.1 Å². The van der Waals surface area contributed by atoms with Gasteiger partial charge in [0.1, 0.15) is 12.4 Å². The third kappa shape index (κ3) is 7.00. The zero-order valence-corrected chi connectivity index (χ0v) is 20.3. The van der Waals surface area contributed by atoms with Crippen LogP contribution >= 0.6 is 0 Å². The molecule has 0 N–H and O–H groups in total. The minimum Gasteiger partial charge on any atom is -0.490 e. The molecule has 1 unspecified atom stereocenters. The summed E-state index contributed by atoms with van der Waals surface area (Å²) in [6.07, 6.45) is -16.7. The Hall–Kier alpha value is -3.02. The number of hydrogen-bond acceptors (Lipinski definition) is 4. The highest BCUT2D eigenvalue weighted by Crippen LogP contribution is 2.48. The van der Waals surface area contributed by atoms with Gasteiger partial charge in [0.05, 0.1) is 6.54 Å². The van der Waals surface area contributed by atoms with Gasteiger partial charge in [0.15, 0.2) is 6.10 Å². The van der Waals surface area contributed by atoms with Gasteiger partial charge in [0, 0.05) is 6.04 Å². The molecular weight excluding hydrogens is 596 g/mol. The van der Waals surface area contributed by atoms with E-state index in [0.29, 0.717) is 5.56 Å². The van der Waals surface area contributed by atoms with E-state index in [1.165, 1.54) is 25.1 Å². The zero-order valence-electron chi connectivity index (χ0n) is 20.3. The van der Waals surface area contributed by atoms with Crippen molar-refractivity contribution < 1.29 is 80.5 Å². The SMILES string of the molecule is Cc1cccc(OCC(CN(C(=O)C(F)(F)C(F)(F)C(F)(F)F)C(C)C)OC(=O)C(F)(F)C(F)(F)C(F)(F)F)c1. The van der Waals surface area contributed by atoms with Crippen molar-refractivity contribution in [3.63, 3.8) is 0 Å². The molecule has 1 atom stereocenters. The van der Waals surface area contributed by atoms with Crippen LogP contribution in [0.1, 0.15) is 19.4 Å². The lowest BCUT2D eigenvalue weighted by atomic mass is 10.1. The number of ether oxygens (including phenoxy) is 2. The summed E-state index contributed by atoms with van der Waals surface area (Å²) in [4.78, 5) is 23.3. The summed E-state index contributed by atoms with van der Waals surface area (Å²) in [5, 5.41) is 0. The Morgan fingerprint density at radius 2 is 1.27 bits per heavy atom. The van der Waals surface area contributed by atoms with Crippen molar-refractivity contribution in [1.29, 1.82) is 0 Å². The van der Waals surface area contributed by atoms with Gasteiger partial charge in [-0.15, -0.1) is 0 Å². The number of esters is 1. The predicted molar refractivity (Wildman–Crippen MR) is 105 cm³/mol. The van der Waals surface area contributed by atoms with Gasteiger partial charge in [-0.2, -0.15) is 61.5 Å². The quantitative estimate of drug-likeness (QED) is 0.220. The molecule has 0 saturated heterocycles. The third-order valence-corrected chi connectivity index (χ3v) is 5.01. The standard InChI is InChI=1S/C21H19F14NO4/c1-10(2)36(14(37)16(22,23)18(26,27)20(30,31)32)8-13(9-39-12-6-4-5-11(3)7-12)40-15(38)17(24,25)19(28,29)21(33,34)35/h4-7,10,13H,8-9H2,1-3H3. The van der Waals surface area contributed by atoms with Crippen LogP contribution in [0.5, 0.6) is 5.75 Å². The van der Waals surface area contributed by atoms with Crippen LogP contribution in [0.3, 0.4) is 0 Å². The lowest BCUT2D eigenvalue weighted by Gasteiger charge is -2.36. The number of carbonyl (C=O) groups is 2. The Bertz CT molecular complexity index is 1050. The number of benzene rings is 1. The van der Waals surface area contributed by atoms with Crippen LogP contribution in [0, 0.1) is 6.92 Å². The first-order valence-electron chi connectivity index (χ1n) is 10.6. The topological polar surface area (TPSA) is 55.8 Å². The van der Waals surface area contributed by atoms with Crippen molar-refractivity contribution in [3.8, 4) is 5.75 Å². The summed E-state index contributed by atoms with van der Waals surface area (Å²) in [7, 11) is 0. The molecular formula is C21H19F14NO4. The summed E-state index contributed by atoms with van der Waals surface area (Å²) in [6.45, 7) is -0.184. The number of hydrogen-bond donors (Lipinski definition) is 0. The van der Waals surface area contributed by atoms with Gasteiger partial charge >= 0.3 is 42.0 Å². The molecule has 0 bridgehead atoms. The highest BCUT2D eigenvalue weighted by atomic mass is 19.4. The third-order valence-electron chi connectivity index (χ3n) is 5.01. The number of halogens is 14. The fourth-order valence-electron chi connectivity index (χ4n) is 2.79. The maximum Gasteiger partial charge on any atom is 0.460 e. The largest absolute Gasteiger partial charge is 0.490 e. The highest BCUT2D eigenvalue weighted by molar-refractivity contribution is 5.85. The summed E-state index contributed by atoms with van der Waals surface area (Å²) in [6, 6.07) is 3.36. The van der Waals surface area contributed by atoms with Crippen LogP contribution in [0.25, 0.3) is 0 Å². The maximum atomic E-state index is 14.0. The van der Waals surface area contributed by atoms with Crippen LogP contribution in [0.4, 0.5) is 61.5 Å². The number of nitrogens with zero attached hydrogens (tertiary/aromatic N) is 1. The highest BCUT2D eigenvalue weighted by Gasteiger charge is 2.78. The molecule has 1 amide bonds. The molecule has 0 aromatic heterocycles. The summed E-state index contributed by atoms with van der Waals surface area (Å²) >= 11 is 0. The van der Waals surface area contributed by atoms with E-state index in [1.54, 1.807) is 0 Å². The van der Waals surface area contributed by atoms with Crippen LogP contribution in [-0.4, -0.2) is 78.1 Å². The van der Waals surface area contributed by atoms with E-state index >= 15 is 0 Å². The Labute approximate surface area is 216 Å². The van der Waals surface area contributed by atoms with E-state index in [1.807, 2.05) is 0 Å². The summed E-state index contributed by atoms with van der Waals surface area (Å²) in [5.41, 5.74) is 0.454. The first-order valence-corrected chi connectivity index (χ1v) is 10.6. The minimum atomic E-state index is -7.03. The van der Waals surface area contributed by atoms with Gasteiger partial charge in [-0.3, -0.25) is 4.79 Å². The van der Waals surface area contributed by atoms with Gasteiger partial charge in [0.2, 0.25) is 0 Å². The molecule has 0 radical (unpaired) electrons. The average Bonchev–Trinajstić information content (AvgIpc) is 2.78. The Morgan fingerprint density at radius 3 is 1.70 bits per heavy atom. The lowest BCUT2D eigenvalue weighted by Crippen LogP contribution is -2.62. The molecule has 0 aliphatic carbocycles. The molecule has 0 heterocycles. The Balaban J connectivity index is 3.45. The number of aryl methyl sites for hydroxylation is 1. The van der Waals surface area contributed by atoms with Gasteiger partial charge in [-0.05, 0) is 38.5 Å². The van der Waals surface area contributed by atoms with Crippen molar-refractivity contribution in [2.45, 2.75) is 69.0 Å². The van der Waals surface area contributed by atoms with Gasteiger partial charge in [0.25, 0.3) is 5.91 Å². The number of carbonyl (C=O) groups excluding carboxylic acids is 2. The smallest absolute Gasteiger partial charge is 0.460 e. The molecule has 0 aliphatic heterocycles. The minimum absolute atomic E-state index is 0.218. The van der Waals surface area contributed by atoms with Crippen LogP contribution < -0.4 is 4.74 Å². The van der Waals surface area contributed by atoms with Crippen molar-refractivity contribution in [3.05, 3.63) is 29.8 Å². The molecule has 19 heteroatoms. The molecule has 0 saturated carbocycles. The number of rotatable bonds is 11. The molecule has 1 aromatic rings. The molecule has 0 spiro atoms. The van der Waals surface area contributed by atoms with Crippen molar-refractivity contribution in [1.82, 2.24) is 4.90 Å². The average molecular weight is 615 g/mol. The van der Waals surface area contributed by atoms with E-state index in [9.17, 15) is 71.1 Å². The van der Waals surface area contributed by atoms with E-state index in [2.05, 4.69) is 4.74 Å². The fourth-order valence-corrected chi connectivity index (χ4v) is 2.79. The first-order chi connectivity index (χ1) is 17.7. The van der Waals surface area contributed by atoms with Crippen LogP contribution in [-0.2, 0) is 14.3 Å². The van der Waals surface area contributed by atoms with E-state index in [0.717, 1.165) is 19.9 Å². The fraction of sp³-hybridized carbons (Fsp3) is 0.619. The van der Waals surface area contributed by atoms with Gasteiger partial charge in [-0.25, -0.2) is 4.79 Å². The second-order valence-corrected chi connectivity index (χ2v) is 8.50. The molecule has 0 fully saturated rings. The molecule has 40 heavy (non-hydrogen) atoms. The van der Waals surface area contributed by atoms with Crippen LogP contribution in [0.2, 0.25) is 0 Å². The maximum absolute atomic E-state index is 14.0. The second-order valence-electron chi connectivity index (χ2n) is 8.50. The molecule has 230 valence electrons. The Kier molecular flexibility index (Phi) is 10.0. The summed E-state index contributed by atoms with van der Waals surface area (Å²) < 4.78 is 193. The molecule has 1 aromatic carbocycles. The summed E-state index contributed by atoms with van der Waals surface area (Å²) in [5.74, 6) is -34.3. The first kappa shape index (κ1) is 35.0. The van der Waals surface area contributed by atoms with Crippen LogP contribution in [0.15, 0.2) is 24.3 Å². The zero-order chi connectivity index (χ0) is 31.7. The van der Waals surface area contributed by atoms with Crippen molar-refractivity contribution in [2.24, 2.45) is 0 Å². The number of alkyl halides is 14.